The summed E-state index contributed by atoms with van der Waals surface area (Å²) in [6, 6.07) is 15.9. The highest BCUT2D eigenvalue weighted by Crippen LogP contribution is 2.11. The van der Waals surface area contributed by atoms with Gasteiger partial charge in [0.15, 0.2) is 12.7 Å². The van der Waals surface area contributed by atoms with Crippen LogP contribution >= 0.6 is 0 Å². The van der Waals surface area contributed by atoms with Gasteiger partial charge in [0.25, 0.3) is 11.8 Å². The lowest BCUT2D eigenvalue weighted by Gasteiger charge is -2.12. The summed E-state index contributed by atoms with van der Waals surface area (Å²) in [4.78, 5) is 22.6. The van der Waals surface area contributed by atoms with E-state index >= 15 is 0 Å². The van der Waals surface area contributed by atoms with Crippen LogP contribution < -0.4 is 20.6 Å². The number of carbonyl (C=O) groups excluding carboxylic acids is 2. The number of hydrogen-bond acceptors (Lipinski definition) is 5. The minimum absolute atomic E-state index is 0.178. The van der Waals surface area contributed by atoms with Crippen LogP contribution in [-0.4, -0.2) is 30.7 Å². The average molecular weight is 341 g/mol. The molecule has 3 N–H and O–H groups in total. The highest BCUT2D eigenvalue weighted by atomic mass is 16.5. The van der Waals surface area contributed by atoms with E-state index in [1.807, 2.05) is 18.2 Å². The molecule has 2 amide bonds. The zero-order chi connectivity index (χ0) is 18.1. The zero-order valence-electron chi connectivity index (χ0n) is 13.7. The molecule has 0 heterocycles. The summed E-state index contributed by atoms with van der Waals surface area (Å²) in [5.74, 6) is 0.229. The second-order valence-electron chi connectivity index (χ2n) is 5.13. The Morgan fingerprint density at radius 2 is 1.80 bits per heavy atom. The van der Waals surface area contributed by atoms with Crippen LogP contribution in [0.5, 0.6) is 11.5 Å². The van der Waals surface area contributed by atoms with Gasteiger partial charge in [-0.15, -0.1) is 0 Å². The predicted octanol–water partition coefficient (Wildman–Crippen LogP) is 1.47. The molecule has 7 heteroatoms. The molecule has 0 aliphatic rings. The number of rotatable bonds is 8. The van der Waals surface area contributed by atoms with Crippen molar-refractivity contribution >= 4 is 18.0 Å². The maximum absolute atomic E-state index is 11.9. The van der Waals surface area contributed by atoms with E-state index in [1.165, 1.54) is 6.21 Å². The van der Waals surface area contributed by atoms with E-state index in [2.05, 4.69) is 10.5 Å². The predicted molar refractivity (Wildman–Crippen MR) is 93.4 cm³/mol. The first-order chi connectivity index (χ1) is 12.0. The van der Waals surface area contributed by atoms with Crippen LogP contribution in [0, 0.1) is 0 Å². The molecule has 2 aromatic rings. The highest BCUT2D eigenvalue weighted by Gasteiger charge is 2.13. The molecule has 0 saturated carbocycles. The highest BCUT2D eigenvalue weighted by molar-refractivity contribution is 5.84. The lowest BCUT2D eigenvalue weighted by molar-refractivity contribution is -0.127. The van der Waals surface area contributed by atoms with Crippen molar-refractivity contribution in [1.29, 1.82) is 0 Å². The fourth-order valence-corrected chi connectivity index (χ4v) is 1.82. The monoisotopic (exact) mass is 341 g/mol. The van der Waals surface area contributed by atoms with Crippen LogP contribution in [0.4, 0.5) is 0 Å². The molecule has 1 atom stereocenters. The summed E-state index contributed by atoms with van der Waals surface area (Å²) in [5.41, 5.74) is 8.17. The van der Waals surface area contributed by atoms with Gasteiger partial charge in [-0.2, -0.15) is 5.10 Å². The first kappa shape index (κ1) is 18.0. The van der Waals surface area contributed by atoms with Crippen molar-refractivity contribution in [3.05, 3.63) is 60.2 Å². The molecule has 0 saturated heterocycles. The number of para-hydroxylation sites is 1. The fraction of sp³-hybridized carbons (Fsp3) is 0.167. The number of nitrogens with two attached hydrogens (primary N) is 1. The Morgan fingerprint density at radius 3 is 2.44 bits per heavy atom. The lowest BCUT2D eigenvalue weighted by Crippen LogP contribution is -2.33. The third kappa shape index (κ3) is 6.34. The van der Waals surface area contributed by atoms with E-state index in [0.29, 0.717) is 11.5 Å². The van der Waals surface area contributed by atoms with Gasteiger partial charge in [0.1, 0.15) is 11.5 Å². The minimum atomic E-state index is -0.677. The van der Waals surface area contributed by atoms with Gasteiger partial charge in [0.2, 0.25) is 0 Å². The third-order valence-corrected chi connectivity index (χ3v) is 3.07. The van der Waals surface area contributed by atoms with Crippen molar-refractivity contribution in [2.45, 2.75) is 13.0 Å². The molecule has 0 aliphatic heterocycles. The number of hydrogen-bond donors (Lipinski definition) is 2. The maximum Gasteiger partial charge on any atom is 0.280 e. The van der Waals surface area contributed by atoms with Gasteiger partial charge in [0, 0.05) is 0 Å². The van der Waals surface area contributed by atoms with Crippen LogP contribution in [0.1, 0.15) is 12.5 Å². The van der Waals surface area contributed by atoms with E-state index in [1.54, 1.807) is 43.3 Å². The van der Waals surface area contributed by atoms with Gasteiger partial charge in [0.05, 0.1) is 6.21 Å². The number of primary amides is 1. The summed E-state index contributed by atoms with van der Waals surface area (Å²) in [6.45, 7) is 1.46. The zero-order valence-corrected chi connectivity index (χ0v) is 13.7. The third-order valence-electron chi connectivity index (χ3n) is 3.07. The van der Waals surface area contributed by atoms with Gasteiger partial charge in [-0.3, -0.25) is 9.59 Å². The largest absolute Gasteiger partial charge is 0.484 e. The van der Waals surface area contributed by atoms with Crippen molar-refractivity contribution in [3.63, 3.8) is 0 Å². The molecule has 0 fully saturated rings. The lowest BCUT2D eigenvalue weighted by atomic mass is 10.2. The number of amides is 2. The first-order valence-corrected chi connectivity index (χ1v) is 7.60. The van der Waals surface area contributed by atoms with Crippen LogP contribution in [-0.2, 0) is 9.59 Å². The molecule has 25 heavy (non-hydrogen) atoms. The van der Waals surface area contributed by atoms with Gasteiger partial charge in [-0.05, 0) is 48.9 Å². The van der Waals surface area contributed by atoms with Gasteiger partial charge < -0.3 is 15.2 Å². The Hall–Kier alpha value is -3.35. The summed E-state index contributed by atoms with van der Waals surface area (Å²) in [6.07, 6.45) is 0.814. The number of carbonyl (C=O) groups is 2. The number of nitrogens with zero attached hydrogens (tertiary/aromatic N) is 1. The molecule has 0 bridgehead atoms. The van der Waals surface area contributed by atoms with Crippen LogP contribution in [0.15, 0.2) is 59.7 Å². The van der Waals surface area contributed by atoms with Crippen molar-refractivity contribution in [1.82, 2.24) is 5.43 Å². The standard InChI is InChI=1S/C18H19N3O4/c1-13(25-16-5-3-2-4-6-16)18(23)21-20-11-14-7-9-15(10-8-14)24-12-17(19)22/h2-11,13H,12H2,1H3,(H2,19,22)(H,21,23). The molecule has 0 aliphatic carbocycles. The second kappa shape index (κ2) is 9.07. The molecular weight excluding hydrogens is 322 g/mol. The first-order valence-electron chi connectivity index (χ1n) is 7.60. The second-order valence-corrected chi connectivity index (χ2v) is 5.13. The van der Waals surface area contributed by atoms with Gasteiger partial charge in [-0.1, -0.05) is 18.2 Å². The normalized spacial score (nSPS) is 11.7. The van der Waals surface area contributed by atoms with Gasteiger partial charge >= 0.3 is 0 Å². The number of ether oxygens (including phenoxy) is 2. The van der Waals surface area contributed by atoms with E-state index in [4.69, 9.17) is 15.2 Å². The Morgan fingerprint density at radius 1 is 1.12 bits per heavy atom. The summed E-state index contributed by atoms with van der Waals surface area (Å²) < 4.78 is 10.6. The molecule has 7 nitrogen and oxygen atoms in total. The Bertz CT molecular complexity index is 730. The smallest absolute Gasteiger partial charge is 0.280 e. The molecular formula is C18H19N3O4. The molecule has 0 spiro atoms. The van der Waals surface area contributed by atoms with Crippen molar-refractivity contribution in [3.8, 4) is 11.5 Å². The number of benzene rings is 2. The topological polar surface area (TPSA) is 103 Å². The van der Waals surface area contributed by atoms with Crippen molar-refractivity contribution < 1.29 is 19.1 Å². The van der Waals surface area contributed by atoms with Crippen LogP contribution in [0.2, 0.25) is 0 Å². The van der Waals surface area contributed by atoms with E-state index < -0.39 is 12.0 Å². The molecule has 1 unspecified atom stereocenters. The van der Waals surface area contributed by atoms with Crippen LogP contribution in [0.25, 0.3) is 0 Å². The minimum Gasteiger partial charge on any atom is -0.484 e. The van der Waals surface area contributed by atoms with E-state index in [0.717, 1.165) is 5.56 Å². The number of hydrazone groups is 1. The molecule has 130 valence electrons. The molecule has 2 aromatic carbocycles. The molecule has 2 rings (SSSR count). The summed E-state index contributed by atoms with van der Waals surface area (Å²) >= 11 is 0. The quantitative estimate of drug-likeness (QED) is 0.560. The molecule has 0 radical (unpaired) electrons. The van der Waals surface area contributed by atoms with Crippen molar-refractivity contribution in [2.75, 3.05) is 6.61 Å². The van der Waals surface area contributed by atoms with E-state index in [-0.39, 0.29) is 12.5 Å². The number of nitrogens with one attached hydrogen (secondary N) is 1. The van der Waals surface area contributed by atoms with Gasteiger partial charge in [-0.25, -0.2) is 5.43 Å². The Labute approximate surface area is 145 Å². The Kier molecular flexibility index (Phi) is 6.53. The summed E-state index contributed by atoms with van der Waals surface area (Å²) in [5, 5.41) is 3.89. The SMILES string of the molecule is CC(Oc1ccccc1)C(=O)NN=Cc1ccc(OCC(N)=O)cc1. The maximum atomic E-state index is 11.9. The molecule has 0 aromatic heterocycles. The summed E-state index contributed by atoms with van der Waals surface area (Å²) in [7, 11) is 0. The van der Waals surface area contributed by atoms with Crippen molar-refractivity contribution in [2.24, 2.45) is 10.8 Å². The average Bonchev–Trinajstić information content (AvgIpc) is 2.61. The fourth-order valence-electron chi connectivity index (χ4n) is 1.82. The Balaban J connectivity index is 1.81. The van der Waals surface area contributed by atoms with Crippen LogP contribution in [0.3, 0.4) is 0 Å². The van der Waals surface area contributed by atoms with E-state index in [9.17, 15) is 9.59 Å².